The largest absolute Gasteiger partial charge is 0.384 e. The molecule has 1 aromatic carbocycles. The normalized spacial score (nSPS) is 20.9. The Hall–Kier alpha value is -1.63. The molecule has 1 aliphatic heterocycles. The van der Waals surface area contributed by atoms with E-state index < -0.39 is 6.04 Å². The number of benzene rings is 1. The lowest BCUT2D eigenvalue weighted by molar-refractivity contribution is -0.139. The molecule has 1 saturated heterocycles. The van der Waals surface area contributed by atoms with Gasteiger partial charge < -0.3 is 20.3 Å². The Bertz CT molecular complexity index is 706. The molecule has 2 N–H and O–H groups in total. The van der Waals surface area contributed by atoms with E-state index in [1.807, 2.05) is 29.2 Å². The SMILES string of the molecule is COCCC(=O)N(C1CCCCC1)C1CCN(C(=O)C(N)Cc2ccc(Cl)cc2)C1. The number of nitrogens with two attached hydrogens (primary N) is 1. The van der Waals surface area contributed by atoms with Crippen molar-refractivity contribution in [1.82, 2.24) is 9.80 Å². The molecule has 2 atom stereocenters. The summed E-state index contributed by atoms with van der Waals surface area (Å²) in [6.45, 7) is 1.66. The number of hydrogen-bond acceptors (Lipinski definition) is 4. The highest BCUT2D eigenvalue weighted by atomic mass is 35.5. The molecule has 1 aliphatic carbocycles. The van der Waals surface area contributed by atoms with E-state index in [0.29, 0.717) is 37.6 Å². The number of methoxy groups -OCH3 is 1. The predicted octanol–water partition coefficient (Wildman–Crippen LogP) is 3.01. The molecule has 0 radical (unpaired) electrons. The summed E-state index contributed by atoms with van der Waals surface area (Å²) in [6, 6.07) is 7.21. The molecule has 2 fully saturated rings. The van der Waals surface area contributed by atoms with Gasteiger partial charge in [-0.2, -0.15) is 0 Å². The lowest BCUT2D eigenvalue weighted by Gasteiger charge is -2.39. The summed E-state index contributed by atoms with van der Waals surface area (Å²) in [7, 11) is 1.62. The average Bonchev–Trinajstić information content (AvgIpc) is 3.23. The number of ether oxygens (including phenoxy) is 1. The van der Waals surface area contributed by atoms with E-state index in [1.165, 1.54) is 19.3 Å². The fourth-order valence-corrected chi connectivity index (χ4v) is 4.87. The maximum absolute atomic E-state index is 13.0. The van der Waals surface area contributed by atoms with Crippen molar-refractivity contribution in [2.24, 2.45) is 5.73 Å². The van der Waals surface area contributed by atoms with Gasteiger partial charge in [0.25, 0.3) is 0 Å². The van der Waals surface area contributed by atoms with Crippen LogP contribution in [0, 0.1) is 0 Å². The van der Waals surface area contributed by atoms with Gasteiger partial charge in [0.2, 0.25) is 11.8 Å². The number of carbonyl (C=O) groups excluding carboxylic acids is 2. The van der Waals surface area contributed by atoms with Gasteiger partial charge in [0.1, 0.15) is 0 Å². The molecule has 2 amide bonds. The maximum Gasteiger partial charge on any atom is 0.239 e. The fraction of sp³-hybridized carbons (Fsp3) is 0.652. The molecule has 166 valence electrons. The number of carbonyl (C=O) groups is 2. The van der Waals surface area contributed by atoms with Crippen LogP contribution in [0.25, 0.3) is 0 Å². The quantitative estimate of drug-likeness (QED) is 0.681. The minimum absolute atomic E-state index is 0.0413. The number of amides is 2. The number of rotatable bonds is 8. The molecule has 1 aromatic rings. The number of likely N-dealkylation sites (tertiary alicyclic amines) is 1. The highest BCUT2D eigenvalue weighted by Gasteiger charge is 2.37. The third-order valence-corrected chi connectivity index (χ3v) is 6.58. The second-order valence-electron chi connectivity index (χ2n) is 8.50. The van der Waals surface area contributed by atoms with E-state index in [2.05, 4.69) is 4.90 Å². The Kier molecular flexibility index (Phi) is 8.54. The maximum atomic E-state index is 13.0. The highest BCUT2D eigenvalue weighted by molar-refractivity contribution is 6.30. The zero-order chi connectivity index (χ0) is 21.5. The van der Waals surface area contributed by atoms with Crippen molar-refractivity contribution in [3.8, 4) is 0 Å². The Morgan fingerprint density at radius 3 is 2.53 bits per heavy atom. The third kappa shape index (κ3) is 5.96. The van der Waals surface area contributed by atoms with Gasteiger partial charge in [-0.05, 0) is 43.4 Å². The van der Waals surface area contributed by atoms with Gasteiger partial charge in [-0.25, -0.2) is 0 Å². The summed E-state index contributed by atoms with van der Waals surface area (Å²) in [6.07, 6.45) is 7.38. The second kappa shape index (κ2) is 11.1. The molecule has 30 heavy (non-hydrogen) atoms. The lowest BCUT2D eigenvalue weighted by Crippen LogP contribution is -2.50. The molecular formula is C23H34ClN3O3. The van der Waals surface area contributed by atoms with Crippen LogP contribution >= 0.6 is 11.6 Å². The Balaban J connectivity index is 1.61. The molecule has 3 rings (SSSR count). The van der Waals surface area contributed by atoms with Crippen molar-refractivity contribution in [2.75, 3.05) is 26.8 Å². The smallest absolute Gasteiger partial charge is 0.239 e. The van der Waals surface area contributed by atoms with Crippen molar-refractivity contribution < 1.29 is 14.3 Å². The first-order chi connectivity index (χ1) is 14.5. The molecular weight excluding hydrogens is 402 g/mol. The Morgan fingerprint density at radius 2 is 1.87 bits per heavy atom. The standard InChI is InChI=1S/C23H34ClN3O3/c1-30-14-12-22(28)27(19-5-3-2-4-6-19)20-11-13-26(16-20)23(29)21(25)15-17-7-9-18(24)10-8-17/h7-10,19-21H,2-6,11-16,25H2,1H3. The summed E-state index contributed by atoms with van der Waals surface area (Å²) < 4.78 is 5.13. The summed E-state index contributed by atoms with van der Waals surface area (Å²) in [5.41, 5.74) is 7.23. The fourth-order valence-electron chi connectivity index (χ4n) is 4.75. The van der Waals surface area contributed by atoms with Crippen LogP contribution in [-0.2, 0) is 20.7 Å². The van der Waals surface area contributed by atoms with Crippen LogP contribution in [0.5, 0.6) is 0 Å². The zero-order valence-electron chi connectivity index (χ0n) is 17.9. The van der Waals surface area contributed by atoms with Crippen LogP contribution < -0.4 is 5.73 Å². The minimum Gasteiger partial charge on any atom is -0.384 e. The molecule has 1 heterocycles. The number of halogens is 1. The van der Waals surface area contributed by atoms with Crippen LogP contribution in [-0.4, -0.2) is 66.5 Å². The third-order valence-electron chi connectivity index (χ3n) is 6.33. The van der Waals surface area contributed by atoms with Crippen LogP contribution in [0.4, 0.5) is 0 Å². The van der Waals surface area contributed by atoms with Crippen LogP contribution in [0.3, 0.4) is 0 Å². The van der Waals surface area contributed by atoms with Crippen molar-refractivity contribution in [3.63, 3.8) is 0 Å². The van der Waals surface area contributed by atoms with Gasteiger partial charge in [-0.15, -0.1) is 0 Å². The summed E-state index contributed by atoms with van der Waals surface area (Å²) in [5.74, 6) is 0.105. The minimum atomic E-state index is -0.586. The Labute approximate surface area is 184 Å². The molecule has 1 saturated carbocycles. The van der Waals surface area contributed by atoms with Crippen LogP contribution in [0.2, 0.25) is 5.02 Å². The van der Waals surface area contributed by atoms with E-state index in [9.17, 15) is 9.59 Å². The molecule has 0 spiro atoms. The predicted molar refractivity (Wildman–Crippen MR) is 118 cm³/mol. The molecule has 0 aromatic heterocycles. The van der Waals surface area contributed by atoms with Gasteiger partial charge in [0.15, 0.2) is 0 Å². The van der Waals surface area contributed by atoms with E-state index in [4.69, 9.17) is 22.1 Å². The molecule has 7 heteroatoms. The van der Waals surface area contributed by atoms with Crippen molar-refractivity contribution in [3.05, 3.63) is 34.9 Å². The van der Waals surface area contributed by atoms with E-state index in [-0.39, 0.29) is 23.9 Å². The average molecular weight is 436 g/mol. The van der Waals surface area contributed by atoms with Gasteiger partial charge in [0, 0.05) is 31.3 Å². The van der Waals surface area contributed by atoms with E-state index in [0.717, 1.165) is 24.8 Å². The molecule has 2 aliphatic rings. The number of hydrogen-bond donors (Lipinski definition) is 1. The lowest BCUT2D eigenvalue weighted by atomic mass is 9.92. The Morgan fingerprint density at radius 1 is 1.17 bits per heavy atom. The molecule has 2 unspecified atom stereocenters. The monoisotopic (exact) mass is 435 g/mol. The second-order valence-corrected chi connectivity index (χ2v) is 8.94. The van der Waals surface area contributed by atoms with Crippen LogP contribution in [0.15, 0.2) is 24.3 Å². The molecule has 0 bridgehead atoms. The first-order valence-electron chi connectivity index (χ1n) is 11.1. The molecule has 6 nitrogen and oxygen atoms in total. The zero-order valence-corrected chi connectivity index (χ0v) is 18.7. The van der Waals surface area contributed by atoms with Crippen LogP contribution in [0.1, 0.15) is 50.5 Å². The number of nitrogens with zero attached hydrogens (tertiary/aromatic N) is 2. The van der Waals surface area contributed by atoms with Gasteiger partial charge in [-0.3, -0.25) is 9.59 Å². The first kappa shape index (κ1) is 23.0. The van der Waals surface area contributed by atoms with E-state index >= 15 is 0 Å². The topological polar surface area (TPSA) is 75.9 Å². The summed E-state index contributed by atoms with van der Waals surface area (Å²) in [5, 5.41) is 0.668. The first-order valence-corrected chi connectivity index (χ1v) is 11.5. The summed E-state index contributed by atoms with van der Waals surface area (Å²) in [4.78, 5) is 29.8. The highest BCUT2D eigenvalue weighted by Crippen LogP contribution is 2.28. The van der Waals surface area contributed by atoms with Crippen molar-refractivity contribution in [1.29, 1.82) is 0 Å². The summed E-state index contributed by atoms with van der Waals surface area (Å²) >= 11 is 5.93. The van der Waals surface area contributed by atoms with E-state index in [1.54, 1.807) is 7.11 Å². The van der Waals surface area contributed by atoms with Gasteiger partial charge >= 0.3 is 0 Å². The van der Waals surface area contributed by atoms with Gasteiger partial charge in [-0.1, -0.05) is 43.0 Å². The van der Waals surface area contributed by atoms with Crippen molar-refractivity contribution >= 4 is 23.4 Å². The van der Waals surface area contributed by atoms with Crippen molar-refractivity contribution in [2.45, 2.75) is 69.5 Å². The van der Waals surface area contributed by atoms with Gasteiger partial charge in [0.05, 0.1) is 25.1 Å².